The van der Waals surface area contributed by atoms with Gasteiger partial charge in [-0.2, -0.15) is 0 Å². The van der Waals surface area contributed by atoms with Crippen LogP contribution < -0.4 is 0 Å². The van der Waals surface area contributed by atoms with Crippen LogP contribution in [0.2, 0.25) is 0 Å². The third kappa shape index (κ3) is 1.24. The second kappa shape index (κ2) is 3.08. The predicted octanol–water partition coefficient (Wildman–Crippen LogP) is 3.95. The second-order valence-electron chi connectivity index (χ2n) is 4.30. The molecule has 0 aliphatic heterocycles. The summed E-state index contributed by atoms with van der Waals surface area (Å²) in [7, 11) is 0. The quantitative estimate of drug-likeness (QED) is 0.508. The Morgan fingerprint density at radius 2 is 1.50 bits per heavy atom. The summed E-state index contributed by atoms with van der Waals surface area (Å²) >= 11 is 0. The molecule has 0 saturated carbocycles. The molecule has 1 rings (SSSR count). The van der Waals surface area contributed by atoms with E-state index in [-0.39, 0.29) is 0 Å². The van der Waals surface area contributed by atoms with E-state index in [2.05, 4.69) is 41.5 Å². The topological polar surface area (TPSA) is 0 Å². The van der Waals surface area contributed by atoms with Crippen LogP contribution in [0.1, 0.15) is 41.5 Å². The number of hydrogen-bond donors (Lipinski definition) is 0. The van der Waals surface area contributed by atoms with Gasteiger partial charge in [0.15, 0.2) is 0 Å². The van der Waals surface area contributed by atoms with Gasteiger partial charge in [-0.1, -0.05) is 25.0 Å². The molecule has 0 fully saturated rings. The fourth-order valence-electron chi connectivity index (χ4n) is 2.35. The van der Waals surface area contributed by atoms with E-state index in [4.69, 9.17) is 0 Å². The molecular weight excluding hydrogens is 144 g/mol. The summed E-state index contributed by atoms with van der Waals surface area (Å²) in [6.45, 7) is 13.7. The zero-order valence-corrected chi connectivity index (χ0v) is 9.15. The maximum absolute atomic E-state index is 2.34. The van der Waals surface area contributed by atoms with Crippen LogP contribution in [0, 0.1) is 11.8 Å². The van der Waals surface area contributed by atoms with E-state index in [1.807, 2.05) is 0 Å². The molecule has 1 aliphatic carbocycles. The molecule has 68 valence electrons. The van der Waals surface area contributed by atoms with Crippen molar-refractivity contribution >= 4 is 0 Å². The monoisotopic (exact) mass is 164 g/mol. The molecule has 0 spiro atoms. The Morgan fingerprint density at radius 3 is 1.67 bits per heavy atom. The fraction of sp³-hybridized carbons (Fsp3) is 0.667. The van der Waals surface area contributed by atoms with Gasteiger partial charge in [-0.3, -0.25) is 0 Å². The number of hydrogen-bond acceptors (Lipinski definition) is 0. The van der Waals surface area contributed by atoms with Gasteiger partial charge in [0.1, 0.15) is 0 Å². The summed E-state index contributed by atoms with van der Waals surface area (Å²) in [6, 6.07) is 0. The van der Waals surface area contributed by atoms with Crippen molar-refractivity contribution < 1.29 is 0 Å². The van der Waals surface area contributed by atoms with Crippen LogP contribution in [-0.2, 0) is 0 Å². The van der Waals surface area contributed by atoms with Gasteiger partial charge in [-0.05, 0) is 50.7 Å². The normalized spacial score (nSPS) is 30.0. The zero-order valence-electron chi connectivity index (χ0n) is 9.15. The first-order valence-corrected chi connectivity index (χ1v) is 4.82. The van der Waals surface area contributed by atoms with Crippen molar-refractivity contribution in [1.82, 2.24) is 0 Å². The van der Waals surface area contributed by atoms with E-state index in [1.165, 1.54) is 11.1 Å². The van der Waals surface area contributed by atoms with Gasteiger partial charge in [-0.15, -0.1) is 0 Å². The molecule has 0 bridgehead atoms. The zero-order chi connectivity index (χ0) is 9.46. The Bertz CT molecular complexity index is 249. The van der Waals surface area contributed by atoms with Gasteiger partial charge in [0, 0.05) is 0 Å². The first-order chi connectivity index (χ1) is 5.46. The van der Waals surface area contributed by atoms with E-state index >= 15 is 0 Å². The van der Waals surface area contributed by atoms with Gasteiger partial charge < -0.3 is 0 Å². The minimum absolute atomic E-state index is 0.731. The standard InChI is InChI=1S/C12H20/c1-7(2)12-10(5)8(3)9(4)11(12)6/h8,10H,1-6H3/t8-,10-/m0/s1. The van der Waals surface area contributed by atoms with Crippen molar-refractivity contribution in [3.63, 3.8) is 0 Å². The van der Waals surface area contributed by atoms with Crippen molar-refractivity contribution in [1.29, 1.82) is 0 Å². The smallest absolute Gasteiger partial charge is 0.0125 e. The van der Waals surface area contributed by atoms with Crippen molar-refractivity contribution in [2.75, 3.05) is 0 Å². The minimum atomic E-state index is 0.731. The molecule has 0 unspecified atom stereocenters. The highest BCUT2D eigenvalue weighted by molar-refractivity contribution is 5.44. The van der Waals surface area contributed by atoms with Crippen LogP contribution in [0.4, 0.5) is 0 Å². The van der Waals surface area contributed by atoms with Gasteiger partial charge in [0.25, 0.3) is 0 Å². The molecular formula is C12H20. The van der Waals surface area contributed by atoms with E-state index in [9.17, 15) is 0 Å². The summed E-state index contributed by atoms with van der Waals surface area (Å²) in [4.78, 5) is 0. The van der Waals surface area contributed by atoms with E-state index < -0.39 is 0 Å². The van der Waals surface area contributed by atoms with Gasteiger partial charge in [-0.25, -0.2) is 0 Å². The lowest BCUT2D eigenvalue weighted by Gasteiger charge is -2.14. The van der Waals surface area contributed by atoms with Crippen LogP contribution in [0.25, 0.3) is 0 Å². The van der Waals surface area contributed by atoms with Gasteiger partial charge in [0.2, 0.25) is 0 Å². The molecule has 0 radical (unpaired) electrons. The highest BCUT2D eigenvalue weighted by Crippen LogP contribution is 2.41. The third-order valence-electron chi connectivity index (χ3n) is 3.42. The van der Waals surface area contributed by atoms with Crippen molar-refractivity contribution in [2.24, 2.45) is 11.8 Å². The molecule has 0 heteroatoms. The van der Waals surface area contributed by atoms with Crippen LogP contribution >= 0.6 is 0 Å². The second-order valence-corrected chi connectivity index (χ2v) is 4.30. The summed E-state index contributed by atoms with van der Waals surface area (Å²) in [6.07, 6.45) is 0. The Morgan fingerprint density at radius 1 is 1.00 bits per heavy atom. The SMILES string of the molecule is CC(C)=C1C(C)=C(C)[C@H](C)[C@@H]1C. The van der Waals surface area contributed by atoms with E-state index in [1.54, 1.807) is 11.1 Å². The van der Waals surface area contributed by atoms with Gasteiger partial charge in [0.05, 0.1) is 0 Å². The van der Waals surface area contributed by atoms with Gasteiger partial charge >= 0.3 is 0 Å². The fourth-order valence-corrected chi connectivity index (χ4v) is 2.35. The Kier molecular flexibility index (Phi) is 2.46. The van der Waals surface area contributed by atoms with Crippen LogP contribution in [0.5, 0.6) is 0 Å². The molecule has 0 heterocycles. The lowest BCUT2D eigenvalue weighted by atomic mass is 9.91. The molecule has 0 aromatic heterocycles. The number of rotatable bonds is 0. The molecule has 0 aromatic rings. The average molecular weight is 164 g/mol. The van der Waals surface area contributed by atoms with Crippen molar-refractivity contribution in [2.45, 2.75) is 41.5 Å². The summed E-state index contributed by atoms with van der Waals surface area (Å²) < 4.78 is 0. The van der Waals surface area contributed by atoms with Crippen LogP contribution in [0.15, 0.2) is 22.3 Å². The molecule has 0 saturated heterocycles. The molecule has 2 atom stereocenters. The highest BCUT2D eigenvalue weighted by Gasteiger charge is 2.28. The summed E-state index contributed by atoms with van der Waals surface area (Å²) in [5, 5.41) is 0. The van der Waals surface area contributed by atoms with E-state index in [0.29, 0.717) is 0 Å². The maximum atomic E-state index is 2.34. The molecule has 0 nitrogen and oxygen atoms in total. The first kappa shape index (κ1) is 9.57. The Balaban J connectivity index is 3.17. The Hall–Kier alpha value is -0.520. The maximum Gasteiger partial charge on any atom is -0.0125 e. The lowest BCUT2D eigenvalue weighted by molar-refractivity contribution is 0.537. The molecule has 0 aromatic carbocycles. The van der Waals surface area contributed by atoms with Crippen LogP contribution in [0.3, 0.4) is 0 Å². The van der Waals surface area contributed by atoms with E-state index in [0.717, 1.165) is 11.8 Å². The summed E-state index contributed by atoms with van der Waals surface area (Å²) in [5.41, 5.74) is 6.21. The predicted molar refractivity (Wildman–Crippen MR) is 55.1 cm³/mol. The third-order valence-corrected chi connectivity index (χ3v) is 3.42. The molecule has 0 amide bonds. The van der Waals surface area contributed by atoms with Crippen molar-refractivity contribution in [3.8, 4) is 0 Å². The summed E-state index contributed by atoms with van der Waals surface area (Å²) in [5.74, 6) is 1.48. The average Bonchev–Trinajstić information content (AvgIpc) is 2.16. The highest BCUT2D eigenvalue weighted by atomic mass is 14.3. The minimum Gasteiger partial charge on any atom is -0.0727 e. The van der Waals surface area contributed by atoms with Crippen molar-refractivity contribution in [3.05, 3.63) is 22.3 Å². The lowest BCUT2D eigenvalue weighted by Crippen LogP contribution is -2.04. The largest absolute Gasteiger partial charge is 0.0727 e. The Labute approximate surface area is 76.4 Å². The molecule has 1 aliphatic rings. The number of allylic oxidation sites excluding steroid dienone is 4. The first-order valence-electron chi connectivity index (χ1n) is 4.82. The van der Waals surface area contributed by atoms with Crippen LogP contribution in [-0.4, -0.2) is 0 Å². The molecule has 12 heavy (non-hydrogen) atoms. The molecule has 0 N–H and O–H groups in total.